The molecule has 2 saturated carbocycles. The highest BCUT2D eigenvalue weighted by molar-refractivity contribution is 5.86. The van der Waals surface area contributed by atoms with Crippen LogP contribution in [0.5, 0.6) is 0 Å². The van der Waals surface area contributed by atoms with Crippen LogP contribution in [0.25, 0.3) is 0 Å². The topological polar surface area (TPSA) is 73.7 Å². The molecule has 6 nitrogen and oxygen atoms in total. The minimum Gasteiger partial charge on any atom is -0.481 e. The van der Waals surface area contributed by atoms with Crippen LogP contribution in [0, 0.1) is 23.7 Å². The zero-order valence-electron chi connectivity index (χ0n) is 13.7. The number of aromatic nitrogens is 1. The summed E-state index contributed by atoms with van der Waals surface area (Å²) in [7, 11) is 0. The molecular weight excluding hydrogens is 306 g/mol. The van der Waals surface area contributed by atoms with Crippen LogP contribution < -0.4 is 4.90 Å². The molecule has 128 valence electrons. The smallest absolute Gasteiger partial charge is 0.307 e. The minimum atomic E-state index is -0.785. The third kappa shape index (κ3) is 2.54. The molecule has 6 heteroatoms. The number of rotatable bonds is 3. The molecule has 0 unspecified atom stereocenters. The number of nitrogens with zero attached hydrogens (tertiary/aromatic N) is 3. The molecule has 24 heavy (non-hydrogen) atoms. The lowest BCUT2D eigenvalue weighted by Gasteiger charge is -2.38. The SMILES string of the molecule is O=C(O)[C@H]1[C@H]2CC[C@@H](C2)[C@H]1C(=O)N1CCN(c2ccccn2)CC1. The average Bonchev–Trinajstić information content (AvgIpc) is 3.23. The summed E-state index contributed by atoms with van der Waals surface area (Å²) >= 11 is 0. The van der Waals surface area contributed by atoms with Crippen molar-refractivity contribution < 1.29 is 14.7 Å². The summed E-state index contributed by atoms with van der Waals surface area (Å²) in [5, 5.41) is 9.56. The van der Waals surface area contributed by atoms with Crippen LogP contribution >= 0.6 is 0 Å². The van der Waals surface area contributed by atoms with Gasteiger partial charge < -0.3 is 14.9 Å². The third-order valence-corrected chi connectivity index (χ3v) is 6.05. The van der Waals surface area contributed by atoms with Gasteiger partial charge in [-0.25, -0.2) is 4.98 Å². The third-order valence-electron chi connectivity index (χ3n) is 6.05. The summed E-state index contributed by atoms with van der Waals surface area (Å²) in [6.07, 6.45) is 4.68. The summed E-state index contributed by atoms with van der Waals surface area (Å²) in [6, 6.07) is 5.84. The number of anilines is 1. The highest BCUT2D eigenvalue weighted by atomic mass is 16.4. The lowest BCUT2D eigenvalue weighted by Crippen LogP contribution is -2.52. The number of hydrogen-bond acceptors (Lipinski definition) is 4. The number of hydrogen-bond donors (Lipinski definition) is 1. The molecule has 1 aromatic heterocycles. The lowest BCUT2D eigenvalue weighted by molar-refractivity contribution is -0.153. The van der Waals surface area contributed by atoms with Gasteiger partial charge in [0.1, 0.15) is 5.82 Å². The van der Waals surface area contributed by atoms with Gasteiger partial charge in [-0.05, 0) is 43.2 Å². The molecule has 4 rings (SSSR count). The van der Waals surface area contributed by atoms with Crippen molar-refractivity contribution in [2.24, 2.45) is 23.7 Å². The van der Waals surface area contributed by atoms with Gasteiger partial charge in [0.2, 0.25) is 5.91 Å². The van der Waals surface area contributed by atoms with Crippen molar-refractivity contribution in [3.8, 4) is 0 Å². The van der Waals surface area contributed by atoms with Crippen molar-refractivity contribution in [2.45, 2.75) is 19.3 Å². The molecule has 0 radical (unpaired) electrons. The minimum absolute atomic E-state index is 0.0651. The fourth-order valence-corrected chi connectivity index (χ4v) is 4.91. The summed E-state index contributed by atoms with van der Waals surface area (Å²) < 4.78 is 0. The van der Waals surface area contributed by atoms with Crippen LogP contribution in [0.1, 0.15) is 19.3 Å². The molecule has 0 spiro atoms. The van der Waals surface area contributed by atoms with Crippen molar-refractivity contribution in [1.29, 1.82) is 0 Å². The molecule has 1 aromatic rings. The number of carboxylic acid groups (broad SMARTS) is 1. The van der Waals surface area contributed by atoms with Gasteiger partial charge in [-0.3, -0.25) is 9.59 Å². The molecule has 3 aliphatic rings. The van der Waals surface area contributed by atoms with Gasteiger partial charge in [0.05, 0.1) is 11.8 Å². The number of piperazine rings is 1. The molecule has 1 aliphatic heterocycles. The lowest BCUT2D eigenvalue weighted by atomic mass is 9.78. The molecule has 0 aromatic carbocycles. The zero-order valence-corrected chi connectivity index (χ0v) is 13.7. The van der Waals surface area contributed by atoms with E-state index in [1.165, 1.54) is 0 Å². The van der Waals surface area contributed by atoms with E-state index in [4.69, 9.17) is 0 Å². The first-order chi connectivity index (χ1) is 11.6. The molecule has 3 fully saturated rings. The van der Waals surface area contributed by atoms with Gasteiger partial charge in [0.25, 0.3) is 0 Å². The van der Waals surface area contributed by atoms with Crippen molar-refractivity contribution in [3.05, 3.63) is 24.4 Å². The molecule has 2 bridgehead atoms. The van der Waals surface area contributed by atoms with Gasteiger partial charge in [-0.15, -0.1) is 0 Å². The Labute approximate surface area is 141 Å². The van der Waals surface area contributed by atoms with Gasteiger partial charge in [0.15, 0.2) is 0 Å². The highest BCUT2D eigenvalue weighted by Crippen LogP contribution is 2.53. The first-order valence-corrected chi connectivity index (χ1v) is 8.82. The van der Waals surface area contributed by atoms with E-state index in [-0.39, 0.29) is 23.7 Å². The van der Waals surface area contributed by atoms with Gasteiger partial charge in [0, 0.05) is 32.4 Å². The number of aliphatic carboxylic acids is 1. The summed E-state index contributed by atoms with van der Waals surface area (Å²) in [4.78, 5) is 33.0. The van der Waals surface area contributed by atoms with E-state index in [1.54, 1.807) is 6.20 Å². The maximum atomic E-state index is 13.0. The number of carbonyl (C=O) groups excluding carboxylic acids is 1. The number of pyridine rings is 1. The molecular formula is C18H23N3O3. The second-order valence-electron chi connectivity index (χ2n) is 7.22. The van der Waals surface area contributed by atoms with Crippen molar-refractivity contribution in [2.75, 3.05) is 31.1 Å². The standard InChI is InChI=1S/C18H23N3O3/c22-17(15-12-4-5-13(11-12)16(15)18(23)24)21-9-7-20(8-10-21)14-3-1-2-6-19-14/h1-3,6,12-13,15-16H,4-5,7-11H2,(H,23,24)/t12-,13-,15+,16-/m0/s1. The zero-order chi connectivity index (χ0) is 16.7. The summed E-state index contributed by atoms with van der Waals surface area (Å²) in [6.45, 7) is 2.80. The van der Waals surface area contributed by atoms with Crippen LogP contribution in [0.2, 0.25) is 0 Å². The molecule has 1 amide bonds. The Bertz CT molecular complexity index is 628. The average molecular weight is 329 g/mol. The van der Waals surface area contributed by atoms with Crippen LogP contribution in [0.4, 0.5) is 5.82 Å². The van der Waals surface area contributed by atoms with Crippen molar-refractivity contribution in [3.63, 3.8) is 0 Å². The number of fused-ring (bicyclic) bond motifs is 2. The number of carbonyl (C=O) groups is 2. The maximum Gasteiger partial charge on any atom is 0.307 e. The Morgan fingerprint density at radius 1 is 1.04 bits per heavy atom. The summed E-state index contributed by atoms with van der Waals surface area (Å²) in [5.41, 5.74) is 0. The molecule has 2 heterocycles. The Morgan fingerprint density at radius 3 is 2.38 bits per heavy atom. The van der Waals surface area contributed by atoms with Gasteiger partial charge in [-0.2, -0.15) is 0 Å². The Kier molecular flexibility index (Phi) is 3.90. The second kappa shape index (κ2) is 6.07. The van der Waals surface area contributed by atoms with Crippen LogP contribution in [-0.4, -0.2) is 53.0 Å². The molecule has 4 atom stereocenters. The fourth-order valence-electron chi connectivity index (χ4n) is 4.91. The first-order valence-electron chi connectivity index (χ1n) is 8.82. The monoisotopic (exact) mass is 329 g/mol. The largest absolute Gasteiger partial charge is 0.481 e. The van der Waals surface area contributed by atoms with Gasteiger partial charge >= 0.3 is 5.97 Å². The van der Waals surface area contributed by atoms with E-state index >= 15 is 0 Å². The quantitative estimate of drug-likeness (QED) is 0.909. The molecule has 1 saturated heterocycles. The van der Waals surface area contributed by atoms with Crippen molar-refractivity contribution in [1.82, 2.24) is 9.88 Å². The van der Waals surface area contributed by atoms with E-state index in [0.717, 1.165) is 38.2 Å². The molecule has 2 aliphatic carbocycles. The normalized spacial score (nSPS) is 32.2. The van der Waals surface area contributed by atoms with E-state index in [0.29, 0.717) is 13.1 Å². The maximum absolute atomic E-state index is 13.0. The number of carboxylic acids is 1. The van der Waals surface area contributed by atoms with E-state index in [1.807, 2.05) is 23.1 Å². The predicted octanol–water partition coefficient (Wildman–Crippen LogP) is 1.48. The number of amides is 1. The summed E-state index contributed by atoms with van der Waals surface area (Å²) in [5.74, 6) is -0.0720. The van der Waals surface area contributed by atoms with Gasteiger partial charge in [-0.1, -0.05) is 6.07 Å². The predicted molar refractivity (Wildman–Crippen MR) is 88.5 cm³/mol. The van der Waals surface area contributed by atoms with Crippen LogP contribution in [0.3, 0.4) is 0 Å². The highest BCUT2D eigenvalue weighted by Gasteiger charge is 2.54. The Morgan fingerprint density at radius 2 is 1.75 bits per heavy atom. The molecule has 1 N–H and O–H groups in total. The Balaban J connectivity index is 1.42. The Hall–Kier alpha value is -2.11. The van der Waals surface area contributed by atoms with Crippen LogP contribution in [0.15, 0.2) is 24.4 Å². The second-order valence-corrected chi connectivity index (χ2v) is 7.22. The van der Waals surface area contributed by atoms with E-state index in [9.17, 15) is 14.7 Å². The van der Waals surface area contributed by atoms with Crippen LogP contribution in [-0.2, 0) is 9.59 Å². The van der Waals surface area contributed by atoms with Crippen molar-refractivity contribution >= 4 is 17.7 Å². The first kappa shape index (κ1) is 15.4. The fraction of sp³-hybridized carbons (Fsp3) is 0.611. The van der Waals surface area contributed by atoms with E-state index < -0.39 is 11.9 Å². The van der Waals surface area contributed by atoms with E-state index in [2.05, 4.69) is 9.88 Å².